The maximum Gasteiger partial charge on any atom is 0.354 e. The molecule has 0 spiro atoms. The topological polar surface area (TPSA) is 131 Å². The van der Waals surface area contributed by atoms with Crippen molar-refractivity contribution in [2.45, 2.75) is 6.54 Å². The van der Waals surface area contributed by atoms with E-state index in [2.05, 4.69) is 26.1 Å². The van der Waals surface area contributed by atoms with E-state index in [-0.39, 0.29) is 11.6 Å². The van der Waals surface area contributed by atoms with Crippen molar-refractivity contribution in [2.24, 2.45) is 0 Å². The predicted octanol–water partition coefficient (Wildman–Crippen LogP) is 3.42. The second kappa shape index (κ2) is 9.52. The lowest BCUT2D eigenvalue weighted by Gasteiger charge is -2.11. The number of anilines is 2. The molecule has 1 aromatic heterocycles. The third kappa shape index (κ3) is 5.11. The number of nitrogens with one attached hydrogen (secondary N) is 3. The fraction of sp³-hybridized carbons (Fsp3) is 0.105. The van der Waals surface area contributed by atoms with E-state index in [4.69, 9.17) is 16.3 Å². The van der Waals surface area contributed by atoms with E-state index in [9.17, 15) is 14.9 Å². The molecule has 3 N–H and O–H groups in total. The fourth-order valence-corrected chi connectivity index (χ4v) is 2.62. The van der Waals surface area contributed by atoms with Crippen molar-refractivity contribution in [3.63, 3.8) is 0 Å². The summed E-state index contributed by atoms with van der Waals surface area (Å²) in [6.45, 7) is 0.290. The van der Waals surface area contributed by atoms with Crippen molar-refractivity contribution < 1.29 is 14.5 Å². The SMILES string of the molecule is COc1ccc(CNc2ncnc(NNC(=O)c3ccc(Cl)cc3)c2[N+](=O)[O-])cc1. The Morgan fingerprint density at radius 1 is 1.10 bits per heavy atom. The first-order valence-corrected chi connectivity index (χ1v) is 9.04. The van der Waals surface area contributed by atoms with Crippen LogP contribution in [0.3, 0.4) is 0 Å². The predicted molar refractivity (Wildman–Crippen MR) is 112 cm³/mol. The zero-order valence-electron chi connectivity index (χ0n) is 15.8. The molecule has 10 nitrogen and oxygen atoms in total. The lowest BCUT2D eigenvalue weighted by atomic mass is 10.2. The van der Waals surface area contributed by atoms with Crippen molar-refractivity contribution in [2.75, 3.05) is 17.9 Å². The molecule has 1 heterocycles. The molecular formula is C19H17ClN6O4. The number of ether oxygens (including phenoxy) is 1. The monoisotopic (exact) mass is 428 g/mol. The Labute approximate surface area is 176 Å². The molecule has 0 aliphatic rings. The van der Waals surface area contributed by atoms with Crippen LogP contribution in [0.2, 0.25) is 5.02 Å². The van der Waals surface area contributed by atoms with Crippen LogP contribution in [0.4, 0.5) is 17.3 Å². The van der Waals surface area contributed by atoms with Crippen LogP contribution >= 0.6 is 11.6 Å². The van der Waals surface area contributed by atoms with Gasteiger partial charge in [0.05, 0.1) is 12.0 Å². The second-order valence-corrected chi connectivity index (χ2v) is 6.40. The lowest BCUT2D eigenvalue weighted by Crippen LogP contribution is -2.30. The van der Waals surface area contributed by atoms with Gasteiger partial charge in [0.15, 0.2) is 0 Å². The van der Waals surface area contributed by atoms with E-state index in [1.807, 2.05) is 12.1 Å². The molecule has 0 atom stereocenters. The summed E-state index contributed by atoms with van der Waals surface area (Å²) in [5.74, 6) is 0.0469. The van der Waals surface area contributed by atoms with Gasteiger partial charge in [0, 0.05) is 17.1 Å². The van der Waals surface area contributed by atoms with E-state index in [1.165, 1.54) is 12.1 Å². The smallest absolute Gasteiger partial charge is 0.354 e. The van der Waals surface area contributed by atoms with Crippen LogP contribution in [0.5, 0.6) is 5.75 Å². The van der Waals surface area contributed by atoms with Gasteiger partial charge in [-0.05, 0) is 42.0 Å². The summed E-state index contributed by atoms with van der Waals surface area (Å²) < 4.78 is 5.10. The number of methoxy groups -OCH3 is 1. The van der Waals surface area contributed by atoms with Gasteiger partial charge in [0.25, 0.3) is 5.91 Å². The maximum absolute atomic E-state index is 12.2. The average molecular weight is 429 g/mol. The normalized spacial score (nSPS) is 10.2. The number of amides is 1. The molecule has 2 aromatic carbocycles. The number of hydrazine groups is 1. The van der Waals surface area contributed by atoms with Gasteiger partial charge in [-0.2, -0.15) is 0 Å². The van der Waals surface area contributed by atoms with Crippen LogP contribution in [-0.4, -0.2) is 27.9 Å². The number of carbonyl (C=O) groups excluding carboxylic acids is 1. The number of halogens is 1. The summed E-state index contributed by atoms with van der Waals surface area (Å²) in [6, 6.07) is 13.4. The van der Waals surface area contributed by atoms with Crippen LogP contribution in [0.1, 0.15) is 15.9 Å². The van der Waals surface area contributed by atoms with Crippen LogP contribution in [0, 0.1) is 10.1 Å². The molecule has 0 unspecified atom stereocenters. The first-order chi connectivity index (χ1) is 14.5. The van der Waals surface area contributed by atoms with E-state index >= 15 is 0 Å². The Kier molecular flexibility index (Phi) is 6.60. The Hall–Kier alpha value is -3.92. The van der Waals surface area contributed by atoms with Crippen molar-refractivity contribution >= 4 is 34.8 Å². The maximum atomic E-state index is 12.2. The zero-order chi connectivity index (χ0) is 21.5. The van der Waals surface area contributed by atoms with Crippen LogP contribution < -0.4 is 20.9 Å². The zero-order valence-corrected chi connectivity index (χ0v) is 16.5. The van der Waals surface area contributed by atoms with Gasteiger partial charge in [0.2, 0.25) is 11.6 Å². The number of benzene rings is 2. The lowest BCUT2D eigenvalue weighted by molar-refractivity contribution is -0.383. The molecule has 3 rings (SSSR count). The third-order valence-corrected chi connectivity index (χ3v) is 4.28. The number of aromatic nitrogens is 2. The van der Waals surface area contributed by atoms with Crippen LogP contribution in [-0.2, 0) is 6.54 Å². The second-order valence-electron chi connectivity index (χ2n) is 5.96. The van der Waals surface area contributed by atoms with E-state index < -0.39 is 16.5 Å². The quantitative estimate of drug-likeness (QED) is 0.367. The Morgan fingerprint density at radius 3 is 2.40 bits per heavy atom. The molecular weight excluding hydrogens is 412 g/mol. The number of hydrogen-bond acceptors (Lipinski definition) is 8. The van der Waals surface area contributed by atoms with Crippen molar-refractivity contribution in [3.05, 3.63) is 81.1 Å². The Balaban J connectivity index is 1.72. The summed E-state index contributed by atoms with van der Waals surface area (Å²) in [7, 11) is 1.57. The van der Waals surface area contributed by atoms with Gasteiger partial charge in [-0.25, -0.2) is 9.97 Å². The summed E-state index contributed by atoms with van der Waals surface area (Å²) in [5, 5.41) is 15.0. The first-order valence-electron chi connectivity index (χ1n) is 8.66. The van der Waals surface area contributed by atoms with Crippen LogP contribution in [0.25, 0.3) is 0 Å². The molecule has 3 aromatic rings. The Bertz CT molecular complexity index is 1040. The summed E-state index contributed by atoms with van der Waals surface area (Å²) in [6.07, 6.45) is 1.15. The van der Waals surface area contributed by atoms with E-state index in [0.717, 1.165) is 11.9 Å². The highest BCUT2D eigenvalue weighted by Gasteiger charge is 2.23. The third-order valence-electron chi connectivity index (χ3n) is 4.02. The summed E-state index contributed by atoms with van der Waals surface area (Å²) >= 11 is 5.80. The van der Waals surface area contributed by atoms with Gasteiger partial charge < -0.3 is 10.1 Å². The Morgan fingerprint density at radius 2 is 1.77 bits per heavy atom. The summed E-state index contributed by atoms with van der Waals surface area (Å²) in [5.41, 5.74) is 5.64. The molecule has 0 aliphatic carbocycles. The number of nitrogens with zero attached hydrogens (tertiary/aromatic N) is 3. The van der Waals surface area contributed by atoms with Gasteiger partial charge in [-0.3, -0.25) is 25.8 Å². The summed E-state index contributed by atoms with van der Waals surface area (Å²) in [4.78, 5) is 31.0. The average Bonchev–Trinajstić information content (AvgIpc) is 2.76. The molecule has 0 saturated carbocycles. The largest absolute Gasteiger partial charge is 0.497 e. The molecule has 0 fully saturated rings. The van der Waals surface area contributed by atoms with Crippen molar-refractivity contribution in [1.29, 1.82) is 0 Å². The number of carbonyl (C=O) groups is 1. The molecule has 1 amide bonds. The highest BCUT2D eigenvalue weighted by Crippen LogP contribution is 2.28. The molecule has 154 valence electrons. The molecule has 0 radical (unpaired) electrons. The van der Waals surface area contributed by atoms with Crippen LogP contribution in [0.15, 0.2) is 54.9 Å². The van der Waals surface area contributed by atoms with Crippen molar-refractivity contribution in [3.8, 4) is 5.75 Å². The van der Waals surface area contributed by atoms with Gasteiger partial charge in [-0.15, -0.1) is 0 Å². The standard InChI is InChI=1S/C19H17ClN6O4/c1-30-15-8-2-12(3-9-15)10-21-17-16(26(28)29)18(23-11-22-17)24-25-19(27)13-4-6-14(20)7-5-13/h2-9,11H,10H2,1H3,(H,25,27)(H2,21,22,23,24). The minimum absolute atomic E-state index is 0.00839. The molecule has 0 saturated heterocycles. The van der Waals surface area contributed by atoms with E-state index in [0.29, 0.717) is 22.9 Å². The highest BCUT2D eigenvalue weighted by molar-refractivity contribution is 6.30. The van der Waals surface area contributed by atoms with Crippen molar-refractivity contribution in [1.82, 2.24) is 15.4 Å². The molecule has 11 heteroatoms. The number of rotatable bonds is 8. The number of nitro groups is 1. The first kappa shape index (κ1) is 20.8. The molecule has 0 aliphatic heterocycles. The van der Waals surface area contributed by atoms with Gasteiger partial charge >= 0.3 is 5.69 Å². The van der Waals surface area contributed by atoms with E-state index in [1.54, 1.807) is 31.4 Å². The molecule has 30 heavy (non-hydrogen) atoms. The minimum Gasteiger partial charge on any atom is -0.497 e. The van der Waals surface area contributed by atoms with Gasteiger partial charge in [0.1, 0.15) is 12.1 Å². The molecule has 0 bridgehead atoms. The minimum atomic E-state index is -0.632. The number of hydrogen-bond donors (Lipinski definition) is 3. The fourth-order valence-electron chi connectivity index (χ4n) is 2.49. The van der Waals surface area contributed by atoms with Gasteiger partial charge in [-0.1, -0.05) is 23.7 Å². The highest BCUT2D eigenvalue weighted by atomic mass is 35.5.